The van der Waals surface area contributed by atoms with E-state index in [0.717, 1.165) is 6.07 Å². The van der Waals surface area contributed by atoms with E-state index in [1.165, 1.54) is 0 Å². The van der Waals surface area contributed by atoms with Gasteiger partial charge in [0.25, 0.3) is 5.91 Å². The molecule has 1 fully saturated rings. The van der Waals surface area contributed by atoms with Gasteiger partial charge in [-0.25, -0.2) is 4.39 Å². The van der Waals surface area contributed by atoms with Crippen molar-refractivity contribution >= 4 is 23.2 Å². The number of benzene rings is 1. The monoisotopic (exact) mass is 528 g/mol. The van der Waals surface area contributed by atoms with Gasteiger partial charge in [0.15, 0.2) is 11.4 Å². The van der Waals surface area contributed by atoms with Crippen LogP contribution in [0.5, 0.6) is 5.75 Å². The van der Waals surface area contributed by atoms with Crippen molar-refractivity contribution in [1.82, 2.24) is 5.32 Å². The van der Waals surface area contributed by atoms with Gasteiger partial charge in [-0.3, -0.25) is 14.4 Å². The molecule has 37 heavy (non-hydrogen) atoms. The van der Waals surface area contributed by atoms with Crippen LogP contribution < -0.4 is 11.1 Å². The van der Waals surface area contributed by atoms with Crippen molar-refractivity contribution in [3.8, 4) is 5.75 Å². The molecule has 0 aromatic heterocycles. The summed E-state index contributed by atoms with van der Waals surface area (Å²) in [5, 5.41) is 45.7. The molecule has 1 amide bonds. The summed E-state index contributed by atoms with van der Waals surface area (Å²) in [6.07, 6.45) is -5.17. The quantitative estimate of drug-likeness (QED) is 0.184. The van der Waals surface area contributed by atoms with Crippen molar-refractivity contribution in [3.05, 3.63) is 45.5 Å². The molecule has 0 saturated heterocycles. The molecule has 0 radical (unpaired) electrons. The maximum atomic E-state index is 15.0. The number of amides is 1. The second-order valence-corrected chi connectivity index (χ2v) is 9.52. The Morgan fingerprint density at radius 2 is 1.86 bits per heavy atom. The highest BCUT2D eigenvalue weighted by molar-refractivity contribution is 6.22. The topological polar surface area (TPSA) is 170 Å². The van der Waals surface area contributed by atoms with E-state index in [1.807, 2.05) is 0 Å². The van der Waals surface area contributed by atoms with Gasteiger partial charge in [-0.05, 0) is 49.8 Å². The molecule has 0 aliphatic heterocycles. The molecular formula is C24H24F4N2O7. The number of carbonyl (C=O) groups excluding carboxylic acids is 3. The van der Waals surface area contributed by atoms with E-state index in [9.17, 15) is 48.0 Å². The van der Waals surface area contributed by atoms with E-state index in [0.29, 0.717) is 0 Å². The molecule has 4 rings (SSSR count). The van der Waals surface area contributed by atoms with Crippen LogP contribution in [-0.4, -0.2) is 62.8 Å². The molecule has 1 unspecified atom stereocenters. The van der Waals surface area contributed by atoms with Gasteiger partial charge in [0.05, 0.1) is 12.1 Å². The first-order chi connectivity index (χ1) is 17.2. The molecular weight excluding hydrogens is 504 g/mol. The number of nitrogens with two attached hydrogens (primary N) is 1. The van der Waals surface area contributed by atoms with Gasteiger partial charge in [0.2, 0.25) is 5.78 Å². The van der Waals surface area contributed by atoms with E-state index < -0.39 is 93.8 Å². The third-order valence-electron chi connectivity index (χ3n) is 7.21. The van der Waals surface area contributed by atoms with Crippen molar-refractivity contribution in [3.63, 3.8) is 0 Å². The number of rotatable bonds is 6. The number of fused-ring (bicyclic) bond motifs is 3. The van der Waals surface area contributed by atoms with E-state index in [2.05, 4.69) is 5.32 Å². The molecule has 9 nitrogen and oxygen atoms in total. The molecule has 3 aliphatic carbocycles. The predicted octanol–water partition coefficient (Wildman–Crippen LogP) is 1.65. The number of aliphatic hydroxyl groups excluding tert-OH is 2. The third kappa shape index (κ3) is 4.35. The largest absolute Gasteiger partial charge is 0.508 e. The number of Topliss-reactive ketones (excluding diaryl/α,β-unsaturated/α-hetero) is 2. The number of alkyl halides is 3. The van der Waals surface area contributed by atoms with Crippen LogP contribution in [0.1, 0.15) is 36.0 Å². The van der Waals surface area contributed by atoms with Crippen LogP contribution in [0.3, 0.4) is 0 Å². The average Bonchev–Trinajstić information content (AvgIpc) is 2.78. The number of aliphatic hydroxyl groups is 3. The van der Waals surface area contributed by atoms with Crippen molar-refractivity contribution in [2.45, 2.75) is 43.9 Å². The fourth-order valence-electron chi connectivity index (χ4n) is 5.52. The molecule has 200 valence electrons. The van der Waals surface area contributed by atoms with Crippen molar-refractivity contribution in [2.24, 2.45) is 17.6 Å². The van der Waals surface area contributed by atoms with E-state index in [1.54, 1.807) is 0 Å². The molecule has 13 heteroatoms. The number of aromatic hydroxyl groups is 1. The molecule has 1 aromatic rings. The lowest BCUT2D eigenvalue weighted by Crippen LogP contribution is -2.58. The Labute approximate surface area is 207 Å². The van der Waals surface area contributed by atoms with Gasteiger partial charge in [-0.15, -0.1) is 0 Å². The zero-order valence-electron chi connectivity index (χ0n) is 19.3. The number of aryl methyl sites for hydroxylation is 1. The average molecular weight is 528 g/mol. The first-order valence-corrected chi connectivity index (χ1v) is 11.5. The van der Waals surface area contributed by atoms with Gasteiger partial charge < -0.3 is 31.5 Å². The van der Waals surface area contributed by atoms with Gasteiger partial charge in [-0.1, -0.05) is 0 Å². The second kappa shape index (κ2) is 9.14. The Hall–Kier alpha value is -3.45. The Bertz CT molecular complexity index is 1270. The minimum absolute atomic E-state index is 0.0162. The zero-order valence-corrected chi connectivity index (χ0v) is 19.3. The standard InChI is InChI=1S/C24H24F4N2O7/c25-13-6-9(2-1-3-30-8-23(26,27)28)18(32)16-12(13)5-10-4-11-7-14(31)17(22(29)36)21(35)24(11,37)20(34)15(10)19(16)33/h6,10-11,30,32-33,35,37H,1-5,7-8H2,(H2,29,36)/t10?,11-,24-/m0/s1. The number of hydrogen-bond donors (Lipinski definition) is 6. The molecule has 3 atom stereocenters. The highest BCUT2D eigenvalue weighted by Crippen LogP contribution is 2.52. The lowest BCUT2D eigenvalue weighted by molar-refractivity contribution is -0.147. The third-order valence-corrected chi connectivity index (χ3v) is 7.21. The number of nitrogens with one attached hydrogen (secondary N) is 1. The normalized spacial score (nSPS) is 25.6. The maximum Gasteiger partial charge on any atom is 0.401 e. The van der Waals surface area contributed by atoms with Gasteiger partial charge in [0, 0.05) is 23.5 Å². The van der Waals surface area contributed by atoms with Crippen LogP contribution in [0.4, 0.5) is 17.6 Å². The molecule has 3 aliphatic rings. The van der Waals surface area contributed by atoms with Crippen LogP contribution in [0.25, 0.3) is 5.76 Å². The van der Waals surface area contributed by atoms with E-state index >= 15 is 4.39 Å². The molecule has 7 N–H and O–H groups in total. The Morgan fingerprint density at radius 1 is 1.19 bits per heavy atom. The Morgan fingerprint density at radius 3 is 2.49 bits per heavy atom. The summed E-state index contributed by atoms with van der Waals surface area (Å²) in [5.74, 6) is -8.89. The van der Waals surface area contributed by atoms with Crippen LogP contribution in [0.15, 0.2) is 23.0 Å². The first-order valence-electron chi connectivity index (χ1n) is 11.5. The predicted molar refractivity (Wildman–Crippen MR) is 119 cm³/mol. The zero-order chi connectivity index (χ0) is 27.4. The molecule has 0 spiro atoms. The van der Waals surface area contributed by atoms with Crippen LogP contribution in [0.2, 0.25) is 0 Å². The number of ketones is 2. The van der Waals surface area contributed by atoms with Crippen molar-refractivity contribution < 1.29 is 52.4 Å². The molecule has 0 bridgehead atoms. The number of primary amides is 1. The lowest BCUT2D eigenvalue weighted by atomic mass is 9.59. The summed E-state index contributed by atoms with van der Waals surface area (Å²) in [5.41, 5.74) is 0.551. The summed E-state index contributed by atoms with van der Waals surface area (Å²) in [7, 11) is 0. The number of halogens is 4. The maximum absolute atomic E-state index is 15.0. The van der Waals surface area contributed by atoms with Crippen LogP contribution >= 0.6 is 0 Å². The minimum Gasteiger partial charge on any atom is -0.508 e. The van der Waals surface area contributed by atoms with Crippen molar-refractivity contribution in [1.29, 1.82) is 0 Å². The first kappa shape index (κ1) is 26.6. The number of phenols is 1. The fourth-order valence-corrected chi connectivity index (χ4v) is 5.52. The van der Waals surface area contributed by atoms with Gasteiger partial charge in [-0.2, -0.15) is 13.2 Å². The van der Waals surface area contributed by atoms with Crippen molar-refractivity contribution in [2.75, 3.05) is 13.1 Å². The minimum atomic E-state index is -4.41. The molecule has 1 saturated carbocycles. The lowest BCUT2D eigenvalue weighted by Gasteiger charge is -2.46. The van der Waals surface area contributed by atoms with E-state index in [4.69, 9.17) is 5.73 Å². The Balaban J connectivity index is 1.71. The smallest absolute Gasteiger partial charge is 0.401 e. The summed E-state index contributed by atoms with van der Waals surface area (Å²) in [4.78, 5) is 37.4. The van der Waals surface area contributed by atoms with Gasteiger partial charge in [0.1, 0.15) is 28.7 Å². The SMILES string of the molecule is NC(=O)C1=C(O)[C@@]2(O)C(=O)C3=C(O)c4c(O)c(CCCNCC(F)(F)F)cc(F)c4CC3C[C@H]2CC1=O. The highest BCUT2D eigenvalue weighted by Gasteiger charge is 2.60. The second-order valence-electron chi connectivity index (χ2n) is 9.52. The van der Waals surface area contributed by atoms with Gasteiger partial charge >= 0.3 is 6.18 Å². The number of hydrogen-bond acceptors (Lipinski definition) is 8. The van der Waals surface area contributed by atoms with Crippen LogP contribution in [-0.2, 0) is 27.2 Å². The number of carbonyl (C=O) groups is 3. The van der Waals surface area contributed by atoms with E-state index in [-0.39, 0.29) is 43.4 Å². The molecule has 1 aromatic carbocycles. The Kier molecular flexibility index (Phi) is 6.57. The summed E-state index contributed by atoms with van der Waals surface area (Å²) in [6, 6.07) is 1.01. The summed E-state index contributed by atoms with van der Waals surface area (Å²) >= 11 is 0. The fraction of sp³-hybridized carbons (Fsp3) is 0.458. The summed E-state index contributed by atoms with van der Waals surface area (Å²) in [6.45, 7) is -1.31. The van der Waals surface area contributed by atoms with Crippen LogP contribution in [0, 0.1) is 17.7 Å². The molecule has 0 heterocycles. The summed E-state index contributed by atoms with van der Waals surface area (Å²) < 4.78 is 51.9. The highest BCUT2D eigenvalue weighted by atomic mass is 19.4. The number of phenolic OH excluding ortho intramolecular Hbond substituents is 1.